The summed E-state index contributed by atoms with van der Waals surface area (Å²) < 4.78 is 62.2. The first kappa shape index (κ1) is 21.4. The van der Waals surface area contributed by atoms with Crippen LogP contribution >= 0.6 is 0 Å². The Kier molecular flexibility index (Phi) is 5.80. The molecule has 3 rings (SSSR count). The lowest BCUT2D eigenvalue weighted by molar-refractivity contribution is -0.137. The van der Waals surface area contributed by atoms with Gasteiger partial charge >= 0.3 is 6.18 Å². The Balaban J connectivity index is 1.84. The summed E-state index contributed by atoms with van der Waals surface area (Å²) >= 11 is 0. The minimum Gasteiger partial charge on any atom is -0.368 e. The molecule has 5 nitrogen and oxygen atoms in total. The van der Waals surface area contributed by atoms with Crippen molar-refractivity contribution >= 4 is 21.3 Å². The number of aromatic nitrogens is 1. The van der Waals surface area contributed by atoms with Gasteiger partial charge in [-0.1, -0.05) is 19.9 Å². The Morgan fingerprint density at radius 2 is 1.86 bits per heavy atom. The molecule has 29 heavy (non-hydrogen) atoms. The number of hydrogen-bond donors (Lipinski definition) is 0. The number of pyridine rings is 1. The van der Waals surface area contributed by atoms with Crippen LogP contribution in [0.15, 0.2) is 47.5 Å². The Bertz CT molecular complexity index is 960. The molecule has 0 spiro atoms. The topological polar surface area (TPSA) is 53.5 Å². The summed E-state index contributed by atoms with van der Waals surface area (Å²) in [5, 5.41) is 0. The van der Waals surface area contributed by atoms with Crippen LogP contribution in [0.25, 0.3) is 0 Å². The van der Waals surface area contributed by atoms with Crippen LogP contribution < -0.4 is 9.80 Å². The van der Waals surface area contributed by atoms with E-state index in [9.17, 15) is 21.6 Å². The van der Waals surface area contributed by atoms with Crippen molar-refractivity contribution in [3.8, 4) is 0 Å². The standard InChI is InChI=1S/C20H24F3N3O2S/c1-14(2)18-13-25(16-5-4-6-17(11-16)29(3,27)28)9-10-26(18)19-8-7-15(12-24-19)20(21,22)23/h4-8,11-12,14,18H,9-10,13H2,1-3H3. The van der Waals surface area contributed by atoms with E-state index in [0.29, 0.717) is 25.5 Å². The zero-order valence-corrected chi connectivity index (χ0v) is 17.3. The van der Waals surface area contributed by atoms with Crippen LogP contribution in [0.4, 0.5) is 24.7 Å². The van der Waals surface area contributed by atoms with Crippen LogP contribution in [-0.2, 0) is 16.0 Å². The first-order valence-corrected chi connectivity index (χ1v) is 11.2. The number of rotatable bonds is 4. The predicted molar refractivity (Wildman–Crippen MR) is 107 cm³/mol. The SMILES string of the molecule is CC(C)C1CN(c2cccc(S(C)(=O)=O)c2)CCN1c1ccc(C(F)(F)F)cn1. The van der Waals surface area contributed by atoms with Gasteiger partial charge in [0, 0.05) is 37.8 Å². The van der Waals surface area contributed by atoms with E-state index >= 15 is 0 Å². The Morgan fingerprint density at radius 1 is 1.14 bits per heavy atom. The van der Waals surface area contributed by atoms with Gasteiger partial charge in [0.25, 0.3) is 0 Å². The Labute approximate surface area is 169 Å². The molecule has 1 aromatic heterocycles. The summed E-state index contributed by atoms with van der Waals surface area (Å²) in [7, 11) is -3.30. The van der Waals surface area contributed by atoms with Gasteiger partial charge < -0.3 is 9.80 Å². The lowest BCUT2D eigenvalue weighted by atomic mass is 9.99. The molecule has 1 unspecified atom stereocenters. The normalized spacial score (nSPS) is 18.4. The number of sulfone groups is 1. The van der Waals surface area contributed by atoms with Crippen LogP contribution in [0.1, 0.15) is 19.4 Å². The van der Waals surface area contributed by atoms with Gasteiger partial charge in [0.15, 0.2) is 9.84 Å². The zero-order chi connectivity index (χ0) is 21.4. The highest BCUT2D eigenvalue weighted by Gasteiger charge is 2.33. The summed E-state index contributed by atoms with van der Waals surface area (Å²) in [5.41, 5.74) is 0.0529. The quantitative estimate of drug-likeness (QED) is 0.742. The zero-order valence-electron chi connectivity index (χ0n) is 16.5. The Hall–Kier alpha value is -2.29. The van der Waals surface area contributed by atoms with E-state index in [-0.39, 0.29) is 16.9 Å². The monoisotopic (exact) mass is 427 g/mol. The third-order valence-corrected chi connectivity index (χ3v) is 6.28. The summed E-state index contributed by atoms with van der Waals surface area (Å²) in [6, 6.07) is 9.33. The van der Waals surface area contributed by atoms with Crippen LogP contribution in [0.5, 0.6) is 0 Å². The second-order valence-electron chi connectivity index (χ2n) is 7.62. The maximum Gasteiger partial charge on any atom is 0.417 e. The van der Waals surface area contributed by atoms with Gasteiger partial charge in [-0.05, 0) is 36.2 Å². The van der Waals surface area contributed by atoms with Crippen molar-refractivity contribution in [1.29, 1.82) is 0 Å². The first-order valence-electron chi connectivity index (χ1n) is 9.32. The van der Waals surface area contributed by atoms with E-state index in [2.05, 4.69) is 23.7 Å². The molecule has 1 aliphatic rings. The average molecular weight is 427 g/mol. The van der Waals surface area contributed by atoms with E-state index in [1.54, 1.807) is 18.2 Å². The van der Waals surface area contributed by atoms with Gasteiger partial charge in [-0.3, -0.25) is 0 Å². The van der Waals surface area contributed by atoms with Crippen molar-refractivity contribution in [2.24, 2.45) is 5.92 Å². The third kappa shape index (κ3) is 4.83. The number of piperazine rings is 1. The minimum absolute atomic E-state index is 0.0230. The molecule has 0 aliphatic carbocycles. The van der Waals surface area contributed by atoms with Crippen LogP contribution in [0, 0.1) is 5.92 Å². The fourth-order valence-corrected chi connectivity index (χ4v) is 4.19. The molecule has 2 aromatic rings. The minimum atomic E-state index is -4.41. The lowest BCUT2D eigenvalue weighted by Gasteiger charge is -2.45. The van der Waals surface area contributed by atoms with Gasteiger partial charge in [-0.2, -0.15) is 13.2 Å². The summed E-state index contributed by atoms with van der Waals surface area (Å²) in [5.74, 6) is 0.737. The summed E-state index contributed by atoms with van der Waals surface area (Å²) in [6.07, 6.45) is -2.36. The van der Waals surface area contributed by atoms with Crippen molar-refractivity contribution < 1.29 is 21.6 Å². The second-order valence-corrected chi connectivity index (χ2v) is 9.64. The fourth-order valence-electron chi connectivity index (χ4n) is 3.53. The van der Waals surface area contributed by atoms with Crippen molar-refractivity contribution in [2.75, 3.05) is 35.7 Å². The number of nitrogens with zero attached hydrogens (tertiary/aromatic N) is 3. The number of benzene rings is 1. The van der Waals surface area contributed by atoms with Gasteiger partial charge in [-0.15, -0.1) is 0 Å². The van der Waals surface area contributed by atoms with Crippen LogP contribution in [0.2, 0.25) is 0 Å². The second kappa shape index (κ2) is 7.85. The van der Waals surface area contributed by atoms with Gasteiger partial charge in [0.1, 0.15) is 5.82 Å². The molecule has 0 saturated carbocycles. The number of anilines is 2. The highest BCUT2D eigenvalue weighted by Crippen LogP contribution is 2.31. The van der Waals surface area contributed by atoms with Crippen molar-refractivity contribution in [3.05, 3.63) is 48.2 Å². The molecule has 2 heterocycles. The highest BCUT2D eigenvalue weighted by molar-refractivity contribution is 7.90. The van der Waals surface area contributed by atoms with Crippen molar-refractivity contribution in [1.82, 2.24) is 4.98 Å². The maximum absolute atomic E-state index is 12.8. The van der Waals surface area contributed by atoms with Gasteiger partial charge in [-0.25, -0.2) is 13.4 Å². The molecule has 9 heteroatoms. The average Bonchev–Trinajstić information content (AvgIpc) is 2.66. The van der Waals surface area contributed by atoms with E-state index in [0.717, 1.165) is 18.0 Å². The molecule has 1 aromatic carbocycles. The number of halogens is 3. The van der Waals surface area contributed by atoms with E-state index in [1.807, 2.05) is 11.0 Å². The summed E-state index contributed by atoms with van der Waals surface area (Å²) in [6.45, 7) is 5.91. The van der Waals surface area contributed by atoms with Gasteiger partial charge in [0.2, 0.25) is 0 Å². The van der Waals surface area contributed by atoms with Crippen molar-refractivity contribution in [2.45, 2.75) is 31.0 Å². The third-order valence-electron chi connectivity index (χ3n) is 5.17. The number of hydrogen-bond acceptors (Lipinski definition) is 5. The molecule has 158 valence electrons. The lowest BCUT2D eigenvalue weighted by Crippen LogP contribution is -2.55. The molecule has 0 bridgehead atoms. The molecule has 1 fully saturated rings. The molecule has 0 N–H and O–H groups in total. The summed E-state index contributed by atoms with van der Waals surface area (Å²) in [4.78, 5) is 8.46. The Morgan fingerprint density at radius 3 is 2.41 bits per heavy atom. The molecule has 1 atom stereocenters. The maximum atomic E-state index is 12.8. The highest BCUT2D eigenvalue weighted by atomic mass is 32.2. The fraction of sp³-hybridized carbons (Fsp3) is 0.450. The molecule has 1 saturated heterocycles. The smallest absolute Gasteiger partial charge is 0.368 e. The molecular weight excluding hydrogens is 403 g/mol. The molecule has 0 radical (unpaired) electrons. The van der Waals surface area contributed by atoms with Crippen LogP contribution in [-0.4, -0.2) is 45.3 Å². The van der Waals surface area contributed by atoms with Crippen LogP contribution in [0.3, 0.4) is 0 Å². The molecular formula is C20H24F3N3O2S. The first-order chi connectivity index (χ1) is 13.5. The molecule has 0 amide bonds. The number of alkyl halides is 3. The van der Waals surface area contributed by atoms with E-state index in [1.165, 1.54) is 12.3 Å². The van der Waals surface area contributed by atoms with Crippen molar-refractivity contribution in [3.63, 3.8) is 0 Å². The van der Waals surface area contributed by atoms with E-state index in [4.69, 9.17) is 0 Å². The predicted octanol–water partition coefficient (Wildman–Crippen LogP) is 3.86. The van der Waals surface area contributed by atoms with E-state index < -0.39 is 21.6 Å². The van der Waals surface area contributed by atoms with Gasteiger partial charge in [0.05, 0.1) is 16.5 Å². The largest absolute Gasteiger partial charge is 0.417 e. The molecule has 1 aliphatic heterocycles.